The molecule has 0 aromatic carbocycles. The second-order valence-corrected chi connectivity index (χ2v) is 9.34. The summed E-state index contributed by atoms with van der Waals surface area (Å²) in [6.07, 6.45) is 8.79. The van der Waals surface area contributed by atoms with Crippen LogP contribution in [0, 0.1) is 0 Å². The van der Waals surface area contributed by atoms with Gasteiger partial charge in [0.25, 0.3) is 0 Å². The van der Waals surface area contributed by atoms with Gasteiger partial charge in [-0.25, -0.2) is 8.42 Å². The van der Waals surface area contributed by atoms with Crippen LogP contribution in [-0.4, -0.2) is 24.5 Å². The fraction of sp³-hybridized carbons (Fsp3) is 0.529. The maximum Gasteiger partial charge on any atom is 0.217 e. The quantitative estimate of drug-likeness (QED) is 0.754. The highest BCUT2D eigenvalue weighted by atomic mass is 32.2. The monoisotopic (exact) mass is 353 g/mol. The average Bonchev–Trinajstić information content (AvgIpc) is 3.25. The molecule has 0 aliphatic heterocycles. The molecule has 4 nitrogen and oxygen atoms in total. The molecule has 1 aliphatic carbocycles. The molecule has 0 radical (unpaired) electrons. The average molecular weight is 354 g/mol. The highest BCUT2D eigenvalue weighted by molar-refractivity contribution is 7.89. The zero-order chi connectivity index (χ0) is 16.1. The Labute approximate surface area is 142 Å². The number of rotatable bonds is 7. The molecule has 0 N–H and O–H groups in total. The number of nitrogens with zero attached hydrogens (tertiary/aromatic N) is 1. The minimum absolute atomic E-state index is 0.216. The SMILES string of the molecule is O=S(=O)(C1CCCCC1)N(CCc1cccs1)Cc1ccoc1. The lowest BCUT2D eigenvalue weighted by atomic mass is 10.0. The molecular formula is C17H23NO3S2. The first-order valence-electron chi connectivity index (χ1n) is 8.18. The van der Waals surface area contributed by atoms with E-state index in [4.69, 9.17) is 4.42 Å². The van der Waals surface area contributed by atoms with E-state index >= 15 is 0 Å². The standard InChI is InChI=1S/C17H23NO3S2/c19-23(20,17-6-2-1-3-7-17)18(13-15-9-11-21-14-15)10-8-16-5-4-12-22-16/h4-5,9,11-12,14,17H,1-3,6-8,10,13H2. The van der Waals surface area contributed by atoms with Crippen LogP contribution < -0.4 is 0 Å². The van der Waals surface area contributed by atoms with Gasteiger partial charge >= 0.3 is 0 Å². The predicted molar refractivity (Wildman–Crippen MR) is 92.9 cm³/mol. The fourth-order valence-corrected chi connectivity index (χ4v) is 5.87. The van der Waals surface area contributed by atoms with Gasteiger partial charge in [-0.1, -0.05) is 25.3 Å². The van der Waals surface area contributed by atoms with E-state index in [1.807, 2.05) is 17.5 Å². The van der Waals surface area contributed by atoms with Crippen molar-refractivity contribution in [3.63, 3.8) is 0 Å². The second kappa shape index (κ2) is 7.64. The molecule has 3 rings (SSSR count). The first-order chi connectivity index (χ1) is 11.2. The molecule has 0 bridgehead atoms. The maximum absolute atomic E-state index is 13.1. The molecular weight excluding hydrogens is 330 g/mol. The maximum atomic E-state index is 13.1. The molecule has 2 aromatic rings. The molecule has 0 saturated heterocycles. The number of hydrogen-bond acceptors (Lipinski definition) is 4. The van der Waals surface area contributed by atoms with Crippen LogP contribution in [0.3, 0.4) is 0 Å². The van der Waals surface area contributed by atoms with Crippen LogP contribution in [0.2, 0.25) is 0 Å². The summed E-state index contributed by atoms with van der Waals surface area (Å²) >= 11 is 1.68. The van der Waals surface area contributed by atoms with Crippen LogP contribution in [0.15, 0.2) is 40.5 Å². The normalized spacial score (nSPS) is 16.9. The van der Waals surface area contributed by atoms with Crippen LogP contribution in [0.5, 0.6) is 0 Å². The van der Waals surface area contributed by atoms with E-state index in [9.17, 15) is 8.42 Å². The summed E-state index contributed by atoms with van der Waals surface area (Å²) < 4.78 is 32.9. The van der Waals surface area contributed by atoms with Gasteiger partial charge in [0.1, 0.15) is 0 Å². The van der Waals surface area contributed by atoms with E-state index < -0.39 is 10.0 Å². The lowest BCUT2D eigenvalue weighted by Crippen LogP contribution is -2.40. The van der Waals surface area contributed by atoms with Crippen molar-refractivity contribution in [3.8, 4) is 0 Å². The Hall–Kier alpha value is -1.11. The lowest BCUT2D eigenvalue weighted by molar-refractivity contribution is 0.384. The van der Waals surface area contributed by atoms with E-state index in [1.54, 1.807) is 28.2 Å². The number of thiophene rings is 1. The van der Waals surface area contributed by atoms with E-state index in [0.717, 1.165) is 44.1 Å². The molecule has 23 heavy (non-hydrogen) atoms. The van der Waals surface area contributed by atoms with Gasteiger partial charge in [-0.3, -0.25) is 0 Å². The third-order valence-electron chi connectivity index (χ3n) is 4.46. The van der Waals surface area contributed by atoms with Crippen molar-refractivity contribution in [2.75, 3.05) is 6.54 Å². The molecule has 2 heterocycles. The van der Waals surface area contributed by atoms with Crippen LogP contribution in [-0.2, 0) is 23.0 Å². The zero-order valence-electron chi connectivity index (χ0n) is 13.2. The first-order valence-corrected chi connectivity index (χ1v) is 10.6. The summed E-state index contributed by atoms with van der Waals surface area (Å²) in [6.45, 7) is 0.936. The van der Waals surface area contributed by atoms with Crippen molar-refractivity contribution in [2.45, 2.75) is 50.3 Å². The summed E-state index contributed by atoms with van der Waals surface area (Å²) in [5, 5.41) is 1.82. The first kappa shape index (κ1) is 16.7. The second-order valence-electron chi connectivity index (χ2n) is 6.10. The Morgan fingerprint density at radius 3 is 2.70 bits per heavy atom. The fourth-order valence-electron chi connectivity index (χ4n) is 3.15. The van der Waals surface area contributed by atoms with Crippen molar-refractivity contribution in [1.82, 2.24) is 4.31 Å². The van der Waals surface area contributed by atoms with Crippen LogP contribution >= 0.6 is 11.3 Å². The molecule has 0 unspecified atom stereocenters. The summed E-state index contributed by atoms with van der Waals surface area (Å²) in [7, 11) is -3.26. The summed E-state index contributed by atoms with van der Waals surface area (Å²) in [5.41, 5.74) is 0.913. The smallest absolute Gasteiger partial charge is 0.217 e. The topological polar surface area (TPSA) is 50.5 Å². The van der Waals surface area contributed by atoms with E-state index in [-0.39, 0.29) is 5.25 Å². The van der Waals surface area contributed by atoms with E-state index in [2.05, 4.69) is 6.07 Å². The highest BCUT2D eigenvalue weighted by Crippen LogP contribution is 2.27. The van der Waals surface area contributed by atoms with Gasteiger partial charge in [-0.2, -0.15) is 4.31 Å². The lowest BCUT2D eigenvalue weighted by Gasteiger charge is -2.29. The van der Waals surface area contributed by atoms with Crippen LogP contribution in [0.1, 0.15) is 42.5 Å². The summed E-state index contributed by atoms with van der Waals surface area (Å²) in [4.78, 5) is 1.22. The molecule has 0 atom stereocenters. The third kappa shape index (κ3) is 4.25. The third-order valence-corrected chi connectivity index (χ3v) is 7.74. The Morgan fingerprint density at radius 1 is 1.22 bits per heavy atom. The molecule has 1 fully saturated rings. The molecule has 1 saturated carbocycles. The largest absolute Gasteiger partial charge is 0.472 e. The number of sulfonamides is 1. The van der Waals surface area contributed by atoms with Gasteiger partial charge < -0.3 is 4.42 Å². The van der Waals surface area contributed by atoms with Crippen molar-refractivity contribution in [2.24, 2.45) is 0 Å². The molecule has 0 spiro atoms. The van der Waals surface area contributed by atoms with Gasteiger partial charge in [0.2, 0.25) is 10.0 Å². The van der Waals surface area contributed by atoms with Crippen molar-refractivity contribution < 1.29 is 12.8 Å². The molecule has 6 heteroatoms. The Morgan fingerprint density at radius 2 is 2.04 bits per heavy atom. The van der Waals surface area contributed by atoms with Gasteiger partial charge in [-0.15, -0.1) is 11.3 Å². The minimum Gasteiger partial charge on any atom is -0.472 e. The molecule has 2 aromatic heterocycles. The van der Waals surface area contributed by atoms with E-state index in [1.165, 1.54) is 4.88 Å². The zero-order valence-corrected chi connectivity index (χ0v) is 14.8. The Kier molecular flexibility index (Phi) is 5.56. The van der Waals surface area contributed by atoms with Crippen molar-refractivity contribution in [3.05, 3.63) is 46.5 Å². The highest BCUT2D eigenvalue weighted by Gasteiger charge is 2.33. The molecule has 0 amide bonds. The Balaban J connectivity index is 1.75. The predicted octanol–water partition coefficient (Wildman–Crippen LogP) is 4.05. The molecule has 1 aliphatic rings. The van der Waals surface area contributed by atoms with Crippen molar-refractivity contribution in [1.29, 1.82) is 0 Å². The summed E-state index contributed by atoms with van der Waals surface area (Å²) in [5.74, 6) is 0. The number of furan rings is 1. The van der Waals surface area contributed by atoms with E-state index in [0.29, 0.717) is 13.1 Å². The summed E-state index contributed by atoms with van der Waals surface area (Å²) in [6, 6.07) is 5.92. The van der Waals surface area contributed by atoms with Crippen LogP contribution in [0.4, 0.5) is 0 Å². The Bertz CT molecular complexity index is 672. The van der Waals surface area contributed by atoms with Gasteiger partial charge in [0, 0.05) is 23.5 Å². The number of hydrogen-bond donors (Lipinski definition) is 0. The van der Waals surface area contributed by atoms with Crippen LogP contribution in [0.25, 0.3) is 0 Å². The van der Waals surface area contributed by atoms with Crippen molar-refractivity contribution >= 4 is 21.4 Å². The van der Waals surface area contributed by atoms with Gasteiger partial charge in [0.15, 0.2) is 0 Å². The minimum atomic E-state index is -3.26. The van der Waals surface area contributed by atoms with Gasteiger partial charge in [0.05, 0.1) is 17.8 Å². The van der Waals surface area contributed by atoms with Gasteiger partial charge in [-0.05, 0) is 36.8 Å². The molecule has 126 valence electrons.